The molecular formula is C7H10F3N5. The highest BCUT2D eigenvalue weighted by Crippen LogP contribution is 2.25. The van der Waals surface area contributed by atoms with Gasteiger partial charge in [-0.05, 0) is 0 Å². The molecule has 0 atom stereocenters. The summed E-state index contributed by atoms with van der Waals surface area (Å²) in [4.78, 5) is 8.62. The van der Waals surface area contributed by atoms with Crippen LogP contribution in [0.15, 0.2) is 4.99 Å². The van der Waals surface area contributed by atoms with E-state index in [1.165, 1.54) is 11.9 Å². The van der Waals surface area contributed by atoms with Gasteiger partial charge >= 0.3 is 6.18 Å². The fraction of sp³-hybridized carbons (Fsp3) is 0.571. The summed E-state index contributed by atoms with van der Waals surface area (Å²) < 4.78 is 36.5. The quantitative estimate of drug-likeness (QED) is 0.562. The summed E-state index contributed by atoms with van der Waals surface area (Å²) in [6.45, 7) is 0. The molecule has 1 rings (SSSR count). The molecule has 0 bridgehead atoms. The lowest BCUT2D eigenvalue weighted by molar-refractivity contribution is -0.144. The second kappa shape index (κ2) is 3.87. The van der Waals surface area contributed by atoms with Crippen LogP contribution in [0.1, 0.15) is 11.6 Å². The molecule has 0 radical (unpaired) electrons. The minimum atomic E-state index is -4.52. The first-order valence-corrected chi connectivity index (χ1v) is 4.00. The Kier molecular flexibility index (Phi) is 2.96. The average molecular weight is 221 g/mol. The summed E-state index contributed by atoms with van der Waals surface area (Å²) in [6.07, 6.45) is -4.52. The second-order valence-corrected chi connectivity index (χ2v) is 2.95. The van der Waals surface area contributed by atoms with E-state index in [9.17, 15) is 13.2 Å². The van der Waals surface area contributed by atoms with Crippen molar-refractivity contribution in [3.63, 3.8) is 0 Å². The van der Waals surface area contributed by atoms with Crippen LogP contribution in [-0.4, -0.2) is 47.1 Å². The summed E-state index contributed by atoms with van der Waals surface area (Å²) in [7, 11) is 4.75. The van der Waals surface area contributed by atoms with Crippen LogP contribution in [0.25, 0.3) is 0 Å². The van der Waals surface area contributed by atoms with Gasteiger partial charge in [-0.15, -0.1) is 5.10 Å². The van der Waals surface area contributed by atoms with Crippen LogP contribution in [0.2, 0.25) is 0 Å². The van der Waals surface area contributed by atoms with Crippen LogP contribution in [0.3, 0.4) is 0 Å². The molecule has 1 N–H and O–H groups in total. The third kappa shape index (κ3) is 2.45. The molecule has 0 spiro atoms. The smallest absolute Gasteiger partial charge is 0.360 e. The normalized spacial score (nSPS) is 13.1. The van der Waals surface area contributed by atoms with Crippen molar-refractivity contribution in [1.29, 1.82) is 0 Å². The van der Waals surface area contributed by atoms with Gasteiger partial charge in [0, 0.05) is 21.1 Å². The number of aromatic amines is 1. The molecule has 1 aromatic rings. The van der Waals surface area contributed by atoms with Crippen molar-refractivity contribution in [1.82, 2.24) is 20.1 Å². The van der Waals surface area contributed by atoms with E-state index in [0.29, 0.717) is 0 Å². The van der Waals surface area contributed by atoms with Crippen molar-refractivity contribution in [3.8, 4) is 0 Å². The van der Waals surface area contributed by atoms with E-state index in [2.05, 4.69) is 15.1 Å². The van der Waals surface area contributed by atoms with Crippen LogP contribution < -0.4 is 0 Å². The standard InChI is InChI=1S/C7H10F3N5/c1-11-5(15(2)3)4-12-6(14-13-4)7(8,9)10/h1-3H3,(H,12,13,14). The lowest BCUT2D eigenvalue weighted by atomic mass is 10.5. The Morgan fingerprint density at radius 2 is 2.00 bits per heavy atom. The van der Waals surface area contributed by atoms with Crippen molar-refractivity contribution < 1.29 is 13.2 Å². The molecule has 0 aliphatic rings. The molecule has 0 aliphatic carbocycles. The fourth-order valence-electron chi connectivity index (χ4n) is 0.989. The van der Waals surface area contributed by atoms with E-state index in [1.54, 1.807) is 14.1 Å². The molecule has 0 saturated heterocycles. The van der Waals surface area contributed by atoms with Gasteiger partial charge in [0.25, 0.3) is 0 Å². The van der Waals surface area contributed by atoms with E-state index < -0.39 is 12.0 Å². The largest absolute Gasteiger partial charge is 0.451 e. The lowest BCUT2D eigenvalue weighted by Crippen LogP contribution is -2.24. The van der Waals surface area contributed by atoms with Crippen LogP contribution in [0.4, 0.5) is 13.2 Å². The van der Waals surface area contributed by atoms with Gasteiger partial charge in [0.1, 0.15) is 0 Å². The molecule has 0 fully saturated rings. The molecule has 84 valence electrons. The zero-order chi connectivity index (χ0) is 11.6. The van der Waals surface area contributed by atoms with Gasteiger partial charge in [-0.2, -0.15) is 13.2 Å². The van der Waals surface area contributed by atoms with Gasteiger partial charge < -0.3 is 4.90 Å². The number of alkyl halides is 3. The first kappa shape index (κ1) is 11.5. The Bertz CT molecular complexity index is 365. The van der Waals surface area contributed by atoms with Gasteiger partial charge in [-0.3, -0.25) is 10.1 Å². The fourth-order valence-corrected chi connectivity index (χ4v) is 0.989. The monoisotopic (exact) mass is 221 g/mol. The summed E-state index contributed by atoms with van der Waals surface area (Å²) in [5, 5.41) is 5.27. The molecule has 0 unspecified atom stereocenters. The predicted molar refractivity (Wildman–Crippen MR) is 47.5 cm³/mol. The molecule has 0 aliphatic heterocycles. The van der Waals surface area contributed by atoms with Crippen molar-refractivity contribution in [2.24, 2.45) is 4.99 Å². The van der Waals surface area contributed by atoms with Crippen LogP contribution in [0.5, 0.6) is 0 Å². The maximum atomic E-state index is 12.2. The van der Waals surface area contributed by atoms with E-state index in [1.807, 2.05) is 5.10 Å². The van der Waals surface area contributed by atoms with Gasteiger partial charge in [0.2, 0.25) is 11.6 Å². The molecule has 8 heteroatoms. The average Bonchev–Trinajstić information content (AvgIpc) is 2.52. The molecule has 0 amide bonds. The third-order valence-corrected chi connectivity index (χ3v) is 1.59. The number of halogens is 3. The van der Waals surface area contributed by atoms with Gasteiger partial charge in [0.15, 0.2) is 5.84 Å². The molecule has 0 saturated carbocycles. The highest BCUT2D eigenvalue weighted by atomic mass is 19.4. The third-order valence-electron chi connectivity index (χ3n) is 1.59. The zero-order valence-electron chi connectivity index (χ0n) is 8.42. The SMILES string of the molecule is CN=C(c1n[nH]c(C(F)(F)F)n1)N(C)C. The number of nitrogens with one attached hydrogen (secondary N) is 1. The Hall–Kier alpha value is -1.60. The van der Waals surface area contributed by atoms with Crippen LogP contribution in [0, 0.1) is 0 Å². The Morgan fingerprint density at radius 1 is 1.40 bits per heavy atom. The van der Waals surface area contributed by atoms with Crippen molar-refractivity contribution in [3.05, 3.63) is 11.6 Å². The number of aliphatic imine (C=N–C) groups is 1. The lowest BCUT2D eigenvalue weighted by Gasteiger charge is -2.11. The van der Waals surface area contributed by atoms with Gasteiger partial charge in [-0.25, -0.2) is 4.98 Å². The van der Waals surface area contributed by atoms with Gasteiger partial charge in [0.05, 0.1) is 0 Å². The van der Waals surface area contributed by atoms with Gasteiger partial charge in [-0.1, -0.05) is 0 Å². The van der Waals surface area contributed by atoms with E-state index >= 15 is 0 Å². The maximum Gasteiger partial charge on any atom is 0.451 e. The molecule has 15 heavy (non-hydrogen) atoms. The van der Waals surface area contributed by atoms with Crippen molar-refractivity contribution in [2.45, 2.75) is 6.18 Å². The van der Waals surface area contributed by atoms with E-state index in [-0.39, 0.29) is 11.7 Å². The summed E-state index contributed by atoms with van der Waals surface area (Å²) >= 11 is 0. The highest BCUT2D eigenvalue weighted by molar-refractivity contribution is 5.94. The van der Waals surface area contributed by atoms with Crippen LogP contribution in [-0.2, 0) is 6.18 Å². The van der Waals surface area contributed by atoms with E-state index in [4.69, 9.17) is 0 Å². The Balaban J connectivity index is 3.04. The highest BCUT2D eigenvalue weighted by Gasteiger charge is 2.35. The topological polar surface area (TPSA) is 57.2 Å². The minimum Gasteiger partial charge on any atom is -0.360 e. The molecule has 1 heterocycles. The Labute approximate surface area is 84.0 Å². The molecule has 1 aromatic heterocycles. The van der Waals surface area contributed by atoms with E-state index in [0.717, 1.165) is 0 Å². The molecule has 5 nitrogen and oxygen atoms in total. The van der Waals surface area contributed by atoms with Crippen molar-refractivity contribution >= 4 is 5.84 Å². The predicted octanol–water partition coefficient (Wildman–Crippen LogP) is 0.762. The number of aromatic nitrogens is 3. The first-order valence-electron chi connectivity index (χ1n) is 4.00. The first-order chi connectivity index (χ1) is 6.86. The number of amidine groups is 1. The van der Waals surface area contributed by atoms with Crippen molar-refractivity contribution in [2.75, 3.05) is 21.1 Å². The number of rotatable bonds is 1. The summed E-state index contributed by atoms with van der Waals surface area (Å²) in [5.41, 5.74) is 0. The number of nitrogens with zero attached hydrogens (tertiary/aromatic N) is 4. The summed E-state index contributed by atoms with van der Waals surface area (Å²) in [6, 6.07) is 0. The molecular weight excluding hydrogens is 211 g/mol. The Morgan fingerprint density at radius 3 is 2.33 bits per heavy atom. The number of H-pyrrole nitrogens is 1. The second-order valence-electron chi connectivity index (χ2n) is 2.95. The number of hydrogen-bond acceptors (Lipinski definition) is 3. The van der Waals surface area contributed by atoms with Crippen LogP contribution >= 0.6 is 0 Å². The maximum absolute atomic E-state index is 12.2. The summed E-state index contributed by atoms with van der Waals surface area (Å²) in [5.74, 6) is -0.919. The minimum absolute atomic E-state index is 0.0742. The molecule has 0 aromatic carbocycles. The number of hydrogen-bond donors (Lipinski definition) is 1. The zero-order valence-corrected chi connectivity index (χ0v) is 8.42.